The molecular formula is C17H22ClNO4. The summed E-state index contributed by atoms with van der Waals surface area (Å²) in [5.41, 5.74) is 0. The minimum absolute atomic E-state index is 0.175. The summed E-state index contributed by atoms with van der Waals surface area (Å²) in [7, 11) is 0. The number of hydrogen-bond donors (Lipinski definition) is 1. The van der Waals surface area contributed by atoms with Crippen LogP contribution in [0.4, 0.5) is 0 Å². The molecule has 1 aromatic rings. The minimum atomic E-state index is -0.600. The lowest BCUT2D eigenvalue weighted by atomic mass is 9.86. The van der Waals surface area contributed by atoms with Crippen LogP contribution in [0.3, 0.4) is 0 Å². The SMILES string of the molecule is C[C@@H]1CCCC[C@@H]1NC(=O)COC(=O)COc1ccccc1Cl. The van der Waals surface area contributed by atoms with Gasteiger partial charge in [0.25, 0.3) is 5.91 Å². The van der Waals surface area contributed by atoms with E-state index in [1.807, 2.05) is 0 Å². The molecule has 0 aromatic heterocycles. The molecule has 23 heavy (non-hydrogen) atoms. The fraction of sp³-hybridized carbons (Fsp3) is 0.529. The average Bonchev–Trinajstić information content (AvgIpc) is 2.54. The van der Waals surface area contributed by atoms with Gasteiger partial charge in [0.15, 0.2) is 13.2 Å². The van der Waals surface area contributed by atoms with Crippen LogP contribution in [0, 0.1) is 5.92 Å². The molecule has 0 radical (unpaired) electrons. The third-order valence-corrected chi connectivity index (χ3v) is 4.32. The van der Waals surface area contributed by atoms with Crippen molar-refractivity contribution in [1.29, 1.82) is 0 Å². The fourth-order valence-corrected chi connectivity index (χ4v) is 2.86. The van der Waals surface area contributed by atoms with Crippen LogP contribution >= 0.6 is 11.6 Å². The van der Waals surface area contributed by atoms with Crippen molar-refractivity contribution in [2.45, 2.75) is 38.6 Å². The van der Waals surface area contributed by atoms with Gasteiger partial charge in [0.2, 0.25) is 0 Å². The zero-order valence-corrected chi connectivity index (χ0v) is 14.0. The van der Waals surface area contributed by atoms with Crippen LogP contribution in [0.25, 0.3) is 0 Å². The predicted molar refractivity (Wildman–Crippen MR) is 87.5 cm³/mol. The molecule has 2 atom stereocenters. The molecule has 0 unspecified atom stereocenters. The number of amides is 1. The van der Waals surface area contributed by atoms with Gasteiger partial charge in [0.1, 0.15) is 5.75 Å². The molecule has 1 aliphatic carbocycles. The summed E-state index contributed by atoms with van der Waals surface area (Å²) in [6, 6.07) is 7.03. The third-order valence-electron chi connectivity index (χ3n) is 4.00. The van der Waals surface area contributed by atoms with E-state index in [0.717, 1.165) is 19.3 Å². The van der Waals surface area contributed by atoms with Gasteiger partial charge in [-0.25, -0.2) is 4.79 Å². The number of rotatable bonds is 6. The molecule has 0 saturated heterocycles. The van der Waals surface area contributed by atoms with Crippen molar-refractivity contribution in [3.05, 3.63) is 29.3 Å². The number of halogens is 1. The molecular weight excluding hydrogens is 318 g/mol. The van der Waals surface area contributed by atoms with Gasteiger partial charge >= 0.3 is 5.97 Å². The van der Waals surface area contributed by atoms with Crippen LogP contribution in [-0.4, -0.2) is 31.1 Å². The highest BCUT2D eigenvalue weighted by atomic mass is 35.5. The van der Waals surface area contributed by atoms with E-state index in [-0.39, 0.29) is 25.2 Å². The van der Waals surface area contributed by atoms with Crippen molar-refractivity contribution in [3.8, 4) is 5.75 Å². The first kappa shape index (κ1) is 17.6. The lowest BCUT2D eigenvalue weighted by Gasteiger charge is -2.29. The largest absolute Gasteiger partial charge is 0.480 e. The van der Waals surface area contributed by atoms with Gasteiger partial charge in [0, 0.05) is 6.04 Å². The van der Waals surface area contributed by atoms with Gasteiger partial charge in [0.05, 0.1) is 5.02 Å². The standard InChI is InChI=1S/C17H22ClNO4/c1-12-6-2-4-8-14(12)19-16(20)10-23-17(21)11-22-15-9-5-3-7-13(15)18/h3,5,7,9,12,14H,2,4,6,8,10-11H2,1H3,(H,19,20)/t12-,14+/m1/s1. The Hall–Kier alpha value is -1.75. The van der Waals surface area contributed by atoms with Gasteiger partial charge in [-0.2, -0.15) is 0 Å². The molecule has 0 heterocycles. The Morgan fingerprint density at radius 1 is 1.22 bits per heavy atom. The van der Waals surface area contributed by atoms with Crippen molar-refractivity contribution in [3.63, 3.8) is 0 Å². The molecule has 0 aliphatic heterocycles. The molecule has 1 aromatic carbocycles. The zero-order chi connectivity index (χ0) is 16.7. The highest BCUT2D eigenvalue weighted by Gasteiger charge is 2.23. The third kappa shape index (κ3) is 5.75. The molecule has 5 nitrogen and oxygen atoms in total. The minimum Gasteiger partial charge on any atom is -0.480 e. The van der Waals surface area contributed by atoms with Crippen molar-refractivity contribution >= 4 is 23.5 Å². The zero-order valence-electron chi connectivity index (χ0n) is 13.2. The second kappa shape index (κ2) is 8.77. The maximum absolute atomic E-state index is 11.8. The van der Waals surface area contributed by atoms with Crippen molar-refractivity contribution < 1.29 is 19.1 Å². The maximum atomic E-state index is 11.8. The van der Waals surface area contributed by atoms with Crippen LogP contribution in [0.5, 0.6) is 5.75 Å². The van der Waals surface area contributed by atoms with Gasteiger partial charge in [-0.05, 0) is 30.9 Å². The topological polar surface area (TPSA) is 64.6 Å². The first-order chi connectivity index (χ1) is 11.1. The Morgan fingerprint density at radius 2 is 1.96 bits per heavy atom. The molecule has 1 saturated carbocycles. The van der Waals surface area contributed by atoms with E-state index in [1.165, 1.54) is 6.42 Å². The summed E-state index contributed by atoms with van der Waals surface area (Å²) in [4.78, 5) is 23.5. The smallest absolute Gasteiger partial charge is 0.344 e. The average molecular weight is 340 g/mol. The summed E-state index contributed by atoms with van der Waals surface area (Å²) in [5.74, 6) is 0.00478. The van der Waals surface area contributed by atoms with Gasteiger partial charge in [-0.1, -0.05) is 43.5 Å². The quantitative estimate of drug-likeness (QED) is 0.809. The highest BCUT2D eigenvalue weighted by molar-refractivity contribution is 6.32. The van der Waals surface area contributed by atoms with E-state index in [9.17, 15) is 9.59 Å². The van der Waals surface area contributed by atoms with Crippen LogP contribution in [0.1, 0.15) is 32.6 Å². The number of para-hydroxylation sites is 1. The lowest BCUT2D eigenvalue weighted by Crippen LogP contribution is -2.43. The Bertz CT molecular complexity index is 549. The predicted octanol–water partition coefficient (Wildman–Crippen LogP) is 2.96. The molecule has 0 bridgehead atoms. The number of carbonyl (C=O) groups is 2. The van der Waals surface area contributed by atoms with Gasteiger partial charge < -0.3 is 14.8 Å². The van der Waals surface area contributed by atoms with Crippen LogP contribution in [0.15, 0.2) is 24.3 Å². The number of esters is 1. The fourth-order valence-electron chi connectivity index (χ4n) is 2.67. The summed E-state index contributed by atoms with van der Waals surface area (Å²) < 4.78 is 10.2. The summed E-state index contributed by atoms with van der Waals surface area (Å²) >= 11 is 5.92. The summed E-state index contributed by atoms with van der Waals surface area (Å²) in [6.07, 6.45) is 4.44. The summed E-state index contributed by atoms with van der Waals surface area (Å²) in [6.45, 7) is 1.57. The maximum Gasteiger partial charge on any atom is 0.344 e. The Balaban J connectivity index is 1.67. The molecule has 1 fully saturated rings. The normalized spacial score (nSPS) is 20.6. The van der Waals surface area contributed by atoms with E-state index >= 15 is 0 Å². The number of carbonyl (C=O) groups excluding carboxylic acids is 2. The van der Waals surface area contributed by atoms with Crippen molar-refractivity contribution in [2.75, 3.05) is 13.2 Å². The molecule has 0 spiro atoms. The second-order valence-electron chi connectivity index (χ2n) is 5.82. The van der Waals surface area contributed by atoms with E-state index in [2.05, 4.69) is 12.2 Å². The van der Waals surface area contributed by atoms with E-state index < -0.39 is 5.97 Å². The van der Waals surface area contributed by atoms with Crippen LogP contribution in [0.2, 0.25) is 5.02 Å². The van der Waals surface area contributed by atoms with E-state index in [4.69, 9.17) is 21.1 Å². The van der Waals surface area contributed by atoms with E-state index in [0.29, 0.717) is 16.7 Å². The lowest BCUT2D eigenvalue weighted by molar-refractivity contribution is -0.150. The van der Waals surface area contributed by atoms with Crippen LogP contribution < -0.4 is 10.1 Å². The van der Waals surface area contributed by atoms with E-state index in [1.54, 1.807) is 24.3 Å². The number of ether oxygens (including phenoxy) is 2. The number of benzene rings is 1. The second-order valence-corrected chi connectivity index (χ2v) is 6.22. The molecule has 126 valence electrons. The first-order valence-corrected chi connectivity index (χ1v) is 8.26. The molecule has 1 aliphatic rings. The molecule has 1 amide bonds. The first-order valence-electron chi connectivity index (χ1n) is 7.88. The molecule has 1 N–H and O–H groups in total. The highest BCUT2D eigenvalue weighted by Crippen LogP contribution is 2.24. The monoisotopic (exact) mass is 339 g/mol. The summed E-state index contributed by atoms with van der Waals surface area (Å²) in [5, 5.41) is 3.35. The van der Waals surface area contributed by atoms with Gasteiger partial charge in [-0.15, -0.1) is 0 Å². The molecule has 6 heteroatoms. The number of nitrogens with one attached hydrogen (secondary N) is 1. The van der Waals surface area contributed by atoms with Crippen molar-refractivity contribution in [2.24, 2.45) is 5.92 Å². The Morgan fingerprint density at radius 3 is 2.70 bits per heavy atom. The Labute approximate surface area is 141 Å². The van der Waals surface area contributed by atoms with Gasteiger partial charge in [-0.3, -0.25) is 4.79 Å². The van der Waals surface area contributed by atoms with Crippen LogP contribution in [-0.2, 0) is 14.3 Å². The van der Waals surface area contributed by atoms with Crippen molar-refractivity contribution in [1.82, 2.24) is 5.32 Å². The number of hydrogen-bond acceptors (Lipinski definition) is 4. The molecule has 2 rings (SSSR count). The Kier molecular flexibility index (Phi) is 6.71.